The molecule has 0 fully saturated rings. The van der Waals surface area contributed by atoms with E-state index in [1.807, 2.05) is 18.2 Å². The van der Waals surface area contributed by atoms with Crippen molar-refractivity contribution in [1.82, 2.24) is 0 Å². The number of alkyl halides is 3. The Bertz CT molecular complexity index is 1130. The van der Waals surface area contributed by atoms with Gasteiger partial charge in [-0.3, -0.25) is 4.79 Å². The Morgan fingerprint density at radius 1 is 0.879 bits per heavy atom. The predicted molar refractivity (Wildman–Crippen MR) is 120 cm³/mol. The van der Waals surface area contributed by atoms with Gasteiger partial charge < -0.3 is 14.6 Å². The monoisotopic (exact) mass is 458 g/mol. The van der Waals surface area contributed by atoms with E-state index < -0.39 is 12.3 Å². The van der Waals surface area contributed by atoms with E-state index in [4.69, 9.17) is 9.84 Å². The van der Waals surface area contributed by atoms with Gasteiger partial charge in [0.1, 0.15) is 17.2 Å². The highest BCUT2D eigenvalue weighted by molar-refractivity contribution is 5.69. The van der Waals surface area contributed by atoms with Crippen molar-refractivity contribution in [3.63, 3.8) is 0 Å². The smallest absolute Gasteiger partial charge is 0.481 e. The molecule has 33 heavy (non-hydrogen) atoms. The second-order valence-corrected chi connectivity index (χ2v) is 8.67. The van der Waals surface area contributed by atoms with Crippen molar-refractivity contribution in [2.24, 2.45) is 0 Å². The third kappa shape index (κ3) is 7.00. The molecule has 3 rings (SSSR count). The average Bonchev–Trinajstić information content (AvgIpc) is 2.71. The minimum atomic E-state index is -4.79. The molecular formula is C26H25F3O4. The lowest BCUT2D eigenvalue weighted by molar-refractivity contribution is -0.274. The number of ether oxygens (including phenoxy) is 2. The molecule has 0 aliphatic rings. The van der Waals surface area contributed by atoms with Crippen LogP contribution in [0, 0.1) is 0 Å². The number of carbonyl (C=O) groups is 1. The van der Waals surface area contributed by atoms with Gasteiger partial charge in [-0.15, -0.1) is 13.2 Å². The summed E-state index contributed by atoms with van der Waals surface area (Å²) in [6.45, 7) is 6.25. The van der Waals surface area contributed by atoms with Crippen LogP contribution in [0.15, 0.2) is 66.7 Å². The fraction of sp³-hybridized carbons (Fsp3) is 0.269. The maximum atomic E-state index is 12.6. The number of rotatable bonds is 7. The molecule has 0 atom stereocenters. The van der Waals surface area contributed by atoms with Crippen LogP contribution in [0.5, 0.6) is 17.2 Å². The molecular weight excluding hydrogens is 433 g/mol. The first-order chi connectivity index (χ1) is 15.4. The van der Waals surface area contributed by atoms with Crippen LogP contribution in [0.4, 0.5) is 13.2 Å². The highest BCUT2D eigenvalue weighted by Crippen LogP contribution is 2.35. The van der Waals surface area contributed by atoms with Crippen LogP contribution in [0.2, 0.25) is 0 Å². The van der Waals surface area contributed by atoms with E-state index in [0.717, 1.165) is 5.56 Å². The Hall–Kier alpha value is -3.48. The van der Waals surface area contributed by atoms with E-state index >= 15 is 0 Å². The number of benzene rings is 3. The van der Waals surface area contributed by atoms with Crippen LogP contribution in [0.3, 0.4) is 0 Å². The van der Waals surface area contributed by atoms with Gasteiger partial charge in [0, 0.05) is 6.42 Å². The molecule has 0 radical (unpaired) electrons. The Kier molecular flexibility index (Phi) is 7.01. The number of halogens is 3. The molecule has 0 aromatic heterocycles. The third-order valence-electron chi connectivity index (χ3n) is 5.00. The first kappa shape index (κ1) is 24.2. The van der Waals surface area contributed by atoms with Gasteiger partial charge in [-0.2, -0.15) is 0 Å². The molecule has 1 N–H and O–H groups in total. The molecule has 7 heteroatoms. The van der Waals surface area contributed by atoms with Gasteiger partial charge in [-0.05, 0) is 64.4 Å². The fourth-order valence-electron chi connectivity index (χ4n) is 3.30. The summed E-state index contributed by atoms with van der Waals surface area (Å²) in [5, 5.41) is 9.09. The van der Waals surface area contributed by atoms with Gasteiger partial charge >= 0.3 is 12.3 Å². The average molecular weight is 458 g/mol. The maximum absolute atomic E-state index is 12.6. The highest BCUT2D eigenvalue weighted by Gasteiger charge is 2.31. The van der Waals surface area contributed by atoms with Crippen molar-refractivity contribution in [2.75, 3.05) is 0 Å². The van der Waals surface area contributed by atoms with E-state index in [-0.39, 0.29) is 24.0 Å². The lowest BCUT2D eigenvalue weighted by Crippen LogP contribution is -2.17. The summed E-state index contributed by atoms with van der Waals surface area (Å²) < 4.78 is 48.0. The molecule has 0 saturated carbocycles. The summed E-state index contributed by atoms with van der Waals surface area (Å²) in [5.41, 5.74) is 2.79. The highest BCUT2D eigenvalue weighted by atomic mass is 19.4. The van der Waals surface area contributed by atoms with Gasteiger partial charge in [-0.25, -0.2) is 0 Å². The van der Waals surface area contributed by atoms with Crippen molar-refractivity contribution >= 4 is 5.97 Å². The van der Waals surface area contributed by atoms with Crippen molar-refractivity contribution < 1.29 is 32.5 Å². The largest absolute Gasteiger partial charge is 0.573 e. The van der Waals surface area contributed by atoms with Gasteiger partial charge in [-0.1, -0.05) is 57.2 Å². The first-order valence-electron chi connectivity index (χ1n) is 10.4. The molecule has 0 unspecified atom stereocenters. The van der Waals surface area contributed by atoms with Gasteiger partial charge in [0.15, 0.2) is 0 Å². The summed E-state index contributed by atoms with van der Waals surface area (Å²) in [6.07, 6.45) is -4.61. The predicted octanol–water partition coefficient (Wildman–Crippen LogP) is 7.36. The first-order valence-corrected chi connectivity index (χ1v) is 10.4. The molecule has 0 saturated heterocycles. The maximum Gasteiger partial charge on any atom is 0.573 e. The van der Waals surface area contributed by atoms with E-state index in [1.165, 1.54) is 18.2 Å². The number of carboxylic acids is 1. The summed E-state index contributed by atoms with van der Waals surface area (Å²) in [4.78, 5) is 11.1. The van der Waals surface area contributed by atoms with Crippen LogP contribution in [-0.2, 0) is 16.6 Å². The molecule has 0 bridgehead atoms. The Labute approximate surface area is 190 Å². The minimum Gasteiger partial charge on any atom is -0.481 e. The topological polar surface area (TPSA) is 55.8 Å². The molecule has 4 nitrogen and oxygen atoms in total. The number of hydrogen-bond acceptors (Lipinski definition) is 3. The van der Waals surface area contributed by atoms with Gasteiger partial charge in [0.2, 0.25) is 0 Å². The van der Waals surface area contributed by atoms with Crippen molar-refractivity contribution in [2.45, 2.75) is 45.4 Å². The zero-order valence-electron chi connectivity index (χ0n) is 18.6. The molecule has 0 spiro atoms. The number of carboxylic acid groups (broad SMARTS) is 1. The Morgan fingerprint density at radius 3 is 2.21 bits per heavy atom. The number of hydrogen-bond donors (Lipinski definition) is 1. The second-order valence-electron chi connectivity index (χ2n) is 8.67. The summed E-state index contributed by atoms with van der Waals surface area (Å²) >= 11 is 0. The van der Waals surface area contributed by atoms with Crippen molar-refractivity contribution in [3.8, 4) is 28.4 Å². The molecule has 0 heterocycles. The Morgan fingerprint density at radius 2 is 1.55 bits per heavy atom. The molecule has 3 aromatic carbocycles. The fourth-order valence-corrected chi connectivity index (χ4v) is 3.30. The van der Waals surface area contributed by atoms with E-state index in [2.05, 4.69) is 25.5 Å². The van der Waals surface area contributed by atoms with Crippen molar-refractivity contribution in [1.29, 1.82) is 0 Å². The lowest BCUT2D eigenvalue weighted by Gasteiger charge is -2.20. The summed E-state index contributed by atoms with van der Waals surface area (Å²) in [7, 11) is 0. The van der Waals surface area contributed by atoms with Gasteiger partial charge in [0.05, 0.1) is 0 Å². The van der Waals surface area contributed by atoms with Crippen LogP contribution < -0.4 is 9.47 Å². The SMILES string of the molecule is CC(C)(C)c1cccc(Oc2cc(-c3cccc(OC(F)(F)F)c3)ccc2CCC(=O)O)c1. The lowest BCUT2D eigenvalue weighted by atomic mass is 9.87. The summed E-state index contributed by atoms with van der Waals surface area (Å²) in [5.74, 6) is -0.223. The van der Waals surface area contributed by atoms with Crippen LogP contribution >= 0.6 is 0 Å². The zero-order chi connectivity index (χ0) is 24.2. The quantitative estimate of drug-likeness (QED) is 0.402. The molecule has 174 valence electrons. The third-order valence-corrected chi connectivity index (χ3v) is 5.00. The molecule has 0 aliphatic heterocycles. The standard InChI is InChI=1S/C26H25F3O4/c1-25(2,3)20-7-5-8-21(16-20)32-23-15-19(11-10-17(23)12-13-24(30)31)18-6-4-9-22(14-18)33-26(27,28)29/h4-11,14-16H,12-13H2,1-3H3,(H,30,31). The van der Waals surface area contributed by atoms with E-state index in [9.17, 15) is 18.0 Å². The van der Waals surface area contributed by atoms with Gasteiger partial charge in [0.25, 0.3) is 0 Å². The zero-order valence-corrected chi connectivity index (χ0v) is 18.6. The van der Waals surface area contributed by atoms with Crippen LogP contribution in [-0.4, -0.2) is 17.4 Å². The molecule has 0 amide bonds. The normalized spacial score (nSPS) is 11.8. The van der Waals surface area contributed by atoms with E-state index in [0.29, 0.717) is 28.2 Å². The molecule has 0 aliphatic carbocycles. The minimum absolute atomic E-state index is 0.0767. The number of aliphatic carboxylic acids is 1. The summed E-state index contributed by atoms with van der Waals surface area (Å²) in [6, 6.07) is 18.4. The Balaban J connectivity index is 1.98. The van der Waals surface area contributed by atoms with Crippen LogP contribution in [0.25, 0.3) is 11.1 Å². The second kappa shape index (κ2) is 9.57. The van der Waals surface area contributed by atoms with Crippen LogP contribution in [0.1, 0.15) is 38.3 Å². The van der Waals surface area contributed by atoms with Crippen molar-refractivity contribution in [3.05, 3.63) is 77.9 Å². The van der Waals surface area contributed by atoms with E-state index in [1.54, 1.807) is 30.3 Å². The molecule has 3 aromatic rings. The number of aryl methyl sites for hydroxylation is 1.